The van der Waals surface area contributed by atoms with E-state index in [4.69, 9.17) is 9.57 Å². The number of aliphatic hydroxyl groups is 3. The molecule has 0 aliphatic carbocycles. The Morgan fingerprint density at radius 3 is 2.39 bits per heavy atom. The number of rotatable bonds is 5. The van der Waals surface area contributed by atoms with E-state index in [1.807, 2.05) is 6.92 Å². The zero-order valence-electron chi connectivity index (χ0n) is 10.7. The van der Waals surface area contributed by atoms with E-state index in [0.29, 0.717) is 6.42 Å². The van der Waals surface area contributed by atoms with E-state index >= 15 is 0 Å². The lowest BCUT2D eigenvalue weighted by molar-refractivity contribution is -0.905. The van der Waals surface area contributed by atoms with Gasteiger partial charge in [-0.05, 0) is 6.42 Å². The molecule has 0 aromatic heterocycles. The van der Waals surface area contributed by atoms with Crippen LogP contribution >= 0.6 is 0 Å². The highest BCUT2D eigenvalue weighted by atomic mass is 16.7. The largest absolute Gasteiger partial charge is 0.394 e. The number of hydroxylamine groups is 1. The summed E-state index contributed by atoms with van der Waals surface area (Å²) >= 11 is 0. The summed E-state index contributed by atoms with van der Waals surface area (Å²) in [6.45, 7) is 2.61. The summed E-state index contributed by atoms with van der Waals surface area (Å²) in [5.41, 5.74) is 1.21. The molecular weight excluding hydrogens is 242 g/mol. The molecule has 0 amide bonds. The fraction of sp³-hybridized carbons (Fsp3) is 0.909. The number of quaternary nitrogens is 1. The zero-order valence-corrected chi connectivity index (χ0v) is 10.7. The molecule has 0 saturated carbocycles. The molecule has 7 nitrogen and oxygen atoms in total. The fourth-order valence-electron chi connectivity index (χ4n) is 2.33. The highest BCUT2D eigenvalue weighted by Gasteiger charge is 2.47. The number of ether oxygens (including phenoxy) is 1. The SMILES string of the molecule is CC[C@@H]1C(CO)O[C@@H](CO)C([NH2+]OC(C)=O)C1O. The standard InChI is InChI=1S/C11H21NO6/c1-3-7-8(4-13)17-9(5-14)10(11(7)16)12-18-6(2)15/h7-14,16H,3-5H2,1-2H3/p+1/t7-,8?,9+,10?,11?/m1/s1. The van der Waals surface area contributed by atoms with E-state index in [9.17, 15) is 20.1 Å². The van der Waals surface area contributed by atoms with Crippen molar-refractivity contribution in [3.63, 3.8) is 0 Å². The first-order valence-corrected chi connectivity index (χ1v) is 6.10. The number of hydrogen-bond donors (Lipinski definition) is 4. The molecule has 18 heavy (non-hydrogen) atoms. The molecule has 5 N–H and O–H groups in total. The van der Waals surface area contributed by atoms with E-state index in [1.54, 1.807) is 0 Å². The summed E-state index contributed by atoms with van der Waals surface area (Å²) in [6.07, 6.45) is -1.39. The van der Waals surface area contributed by atoms with E-state index in [0.717, 1.165) is 0 Å². The molecule has 1 aliphatic rings. The molecule has 1 fully saturated rings. The maximum atomic E-state index is 10.8. The Morgan fingerprint density at radius 1 is 1.33 bits per heavy atom. The van der Waals surface area contributed by atoms with Crippen molar-refractivity contribution in [1.29, 1.82) is 0 Å². The topological polar surface area (TPSA) is 113 Å². The Balaban J connectivity index is 2.75. The van der Waals surface area contributed by atoms with Gasteiger partial charge in [0.15, 0.2) is 6.04 Å². The lowest BCUT2D eigenvalue weighted by Crippen LogP contribution is -2.96. The van der Waals surface area contributed by atoms with Gasteiger partial charge in [-0.15, -0.1) is 5.48 Å². The third kappa shape index (κ3) is 3.39. The van der Waals surface area contributed by atoms with Crippen molar-refractivity contribution in [3.8, 4) is 0 Å². The fourth-order valence-corrected chi connectivity index (χ4v) is 2.33. The first-order chi connectivity index (χ1) is 8.54. The third-order valence-corrected chi connectivity index (χ3v) is 3.31. The minimum Gasteiger partial charge on any atom is -0.394 e. The summed E-state index contributed by atoms with van der Waals surface area (Å²) < 4.78 is 5.52. The van der Waals surface area contributed by atoms with Crippen molar-refractivity contribution in [3.05, 3.63) is 0 Å². The van der Waals surface area contributed by atoms with Gasteiger partial charge in [-0.2, -0.15) is 0 Å². The molecule has 106 valence electrons. The molecule has 3 unspecified atom stereocenters. The Bertz CT molecular complexity index is 274. The first kappa shape index (κ1) is 15.3. The van der Waals surface area contributed by atoms with Crippen LogP contribution in [0.5, 0.6) is 0 Å². The van der Waals surface area contributed by atoms with Crippen LogP contribution in [0.3, 0.4) is 0 Å². The zero-order chi connectivity index (χ0) is 13.7. The van der Waals surface area contributed by atoms with Crippen molar-refractivity contribution in [2.75, 3.05) is 13.2 Å². The number of carbonyl (C=O) groups excluding carboxylic acids is 1. The smallest absolute Gasteiger partial charge is 0.363 e. The Morgan fingerprint density at radius 2 is 1.94 bits per heavy atom. The quantitative estimate of drug-likeness (QED) is 0.410. The van der Waals surface area contributed by atoms with Gasteiger partial charge in [0, 0.05) is 12.8 Å². The maximum Gasteiger partial charge on any atom is 0.363 e. The monoisotopic (exact) mass is 264 g/mol. The van der Waals surface area contributed by atoms with Gasteiger partial charge >= 0.3 is 5.97 Å². The van der Waals surface area contributed by atoms with Crippen molar-refractivity contribution in [2.45, 2.75) is 44.6 Å². The van der Waals surface area contributed by atoms with Crippen LogP contribution < -0.4 is 5.48 Å². The number of nitrogens with two attached hydrogens (primary N) is 1. The lowest BCUT2D eigenvalue weighted by atomic mass is 9.84. The van der Waals surface area contributed by atoms with Gasteiger partial charge in [-0.1, -0.05) is 6.92 Å². The second kappa shape index (κ2) is 7.01. The molecule has 5 atom stereocenters. The van der Waals surface area contributed by atoms with Crippen molar-refractivity contribution in [1.82, 2.24) is 0 Å². The van der Waals surface area contributed by atoms with Crippen LogP contribution in [0, 0.1) is 5.92 Å². The third-order valence-electron chi connectivity index (χ3n) is 3.31. The van der Waals surface area contributed by atoms with Crippen molar-refractivity contribution >= 4 is 5.97 Å². The molecule has 1 saturated heterocycles. The number of aliphatic hydroxyl groups excluding tert-OH is 3. The maximum absolute atomic E-state index is 10.8. The molecule has 0 bridgehead atoms. The Labute approximate surface area is 106 Å². The van der Waals surface area contributed by atoms with Gasteiger partial charge in [-0.3, -0.25) is 4.84 Å². The summed E-state index contributed by atoms with van der Waals surface area (Å²) in [5, 5.41) is 28.7. The highest BCUT2D eigenvalue weighted by Crippen LogP contribution is 2.26. The predicted molar refractivity (Wildman–Crippen MR) is 60.1 cm³/mol. The van der Waals surface area contributed by atoms with Crippen LogP contribution in [0.1, 0.15) is 20.3 Å². The summed E-state index contributed by atoms with van der Waals surface area (Å²) in [6, 6.07) is -0.591. The molecule has 1 heterocycles. The van der Waals surface area contributed by atoms with Crippen LogP contribution in [-0.2, 0) is 14.4 Å². The minimum absolute atomic E-state index is 0.216. The van der Waals surface area contributed by atoms with E-state index in [-0.39, 0.29) is 19.1 Å². The predicted octanol–water partition coefficient (Wildman–Crippen LogP) is -2.46. The van der Waals surface area contributed by atoms with Gasteiger partial charge in [0.05, 0.1) is 19.3 Å². The normalized spacial score (nSPS) is 36.4. The van der Waals surface area contributed by atoms with Crippen LogP contribution in [0.4, 0.5) is 0 Å². The van der Waals surface area contributed by atoms with Gasteiger partial charge < -0.3 is 20.1 Å². The van der Waals surface area contributed by atoms with E-state index in [1.165, 1.54) is 12.4 Å². The van der Waals surface area contributed by atoms with Gasteiger partial charge in [-0.25, -0.2) is 4.79 Å². The lowest BCUT2D eigenvalue weighted by Gasteiger charge is -2.41. The number of carbonyl (C=O) groups is 1. The van der Waals surface area contributed by atoms with E-state index in [2.05, 4.69) is 0 Å². The molecular formula is C11H22NO6+. The van der Waals surface area contributed by atoms with Crippen LogP contribution in [0.2, 0.25) is 0 Å². The molecule has 0 spiro atoms. The summed E-state index contributed by atoms with van der Waals surface area (Å²) in [7, 11) is 0. The van der Waals surface area contributed by atoms with Gasteiger partial charge in [0.1, 0.15) is 12.2 Å². The van der Waals surface area contributed by atoms with Crippen molar-refractivity contribution < 1.29 is 35.2 Å². The van der Waals surface area contributed by atoms with E-state index < -0.39 is 30.3 Å². The van der Waals surface area contributed by atoms with Crippen LogP contribution in [-0.4, -0.2) is 58.9 Å². The van der Waals surface area contributed by atoms with Gasteiger partial charge in [0.2, 0.25) is 0 Å². The molecule has 0 aromatic carbocycles. The first-order valence-electron chi connectivity index (χ1n) is 6.10. The average molecular weight is 264 g/mol. The Hall–Kier alpha value is -0.730. The second-order valence-electron chi connectivity index (χ2n) is 4.46. The Kier molecular flexibility index (Phi) is 5.97. The summed E-state index contributed by atoms with van der Waals surface area (Å²) in [5.74, 6) is -0.745. The summed E-state index contributed by atoms with van der Waals surface area (Å²) in [4.78, 5) is 15.5. The van der Waals surface area contributed by atoms with Crippen LogP contribution in [0.25, 0.3) is 0 Å². The molecule has 0 aromatic rings. The highest BCUT2D eigenvalue weighted by molar-refractivity contribution is 5.64. The van der Waals surface area contributed by atoms with Gasteiger partial charge in [0.25, 0.3) is 0 Å². The number of hydrogen-bond acceptors (Lipinski definition) is 6. The minimum atomic E-state index is -0.822. The van der Waals surface area contributed by atoms with Crippen molar-refractivity contribution in [2.24, 2.45) is 5.92 Å². The average Bonchev–Trinajstić information content (AvgIpc) is 2.35. The molecule has 1 rings (SSSR count). The van der Waals surface area contributed by atoms with Crippen LogP contribution in [0.15, 0.2) is 0 Å². The second-order valence-corrected chi connectivity index (χ2v) is 4.46. The molecule has 0 radical (unpaired) electrons. The molecule has 1 aliphatic heterocycles. The molecule has 7 heteroatoms.